The minimum Gasteiger partial charge on any atom is -0.368 e. The maximum atomic E-state index is 13.6. The highest BCUT2D eigenvalue weighted by Crippen LogP contribution is 2.28. The van der Waals surface area contributed by atoms with Gasteiger partial charge in [-0.3, -0.25) is 19.2 Å². The second-order valence-electron chi connectivity index (χ2n) is 9.13. The molecule has 0 spiro atoms. The summed E-state index contributed by atoms with van der Waals surface area (Å²) < 4.78 is 0. The van der Waals surface area contributed by atoms with Crippen LogP contribution < -0.4 is 16.4 Å². The SMILES string of the molecule is CC(C)NCCCCC(C(=O)N1CCCC1C(=O)NC(C)C(N)=O)N1C(=O)CCC1C. The van der Waals surface area contributed by atoms with Gasteiger partial charge in [-0.15, -0.1) is 0 Å². The second-order valence-corrected chi connectivity index (χ2v) is 9.13. The third-order valence-corrected chi connectivity index (χ3v) is 6.24. The summed E-state index contributed by atoms with van der Waals surface area (Å²) >= 11 is 0. The van der Waals surface area contributed by atoms with Gasteiger partial charge in [0.2, 0.25) is 23.6 Å². The van der Waals surface area contributed by atoms with Crippen LogP contribution in [0.25, 0.3) is 0 Å². The Hall–Kier alpha value is -2.16. The van der Waals surface area contributed by atoms with Crippen LogP contribution in [0.1, 0.15) is 72.6 Å². The van der Waals surface area contributed by atoms with E-state index >= 15 is 0 Å². The van der Waals surface area contributed by atoms with Gasteiger partial charge in [0.05, 0.1) is 0 Å². The minimum absolute atomic E-state index is 0.00806. The number of likely N-dealkylation sites (tertiary alicyclic amines) is 2. The molecular weight excluding hydrogens is 398 g/mol. The molecule has 9 heteroatoms. The van der Waals surface area contributed by atoms with Gasteiger partial charge in [0.1, 0.15) is 18.1 Å². The van der Waals surface area contributed by atoms with Gasteiger partial charge in [0.15, 0.2) is 0 Å². The highest BCUT2D eigenvalue weighted by atomic mass is 16.2. The predicted octanol–water partition coefficient (Wildman–Crippen LogP) is 0.515. The van der Waals surface area contributed by atoms with Gasteiger partial charge in [-0.1, -0.05) is 13.8 Å². The lowest BCUT2D eigenvalue weighted by atomic mass is 10.0. The van der Waals surface area contributed by atoms with Crippen LogP contribution in [0.4, 0.5) is 0 Å². The van der Waals surface area contributed by atoms with E-state index in [0.29, 0.717) is 38.3 Å². The number of amides is 4. The van der Waals surface area contributed by atoms with Crippen molar-refractivity contribution in [2.45, 2.75) is 103 Å². The molecule has 4 N–H and O–H groups in total. The molecule has 2 saturated heterocycles. The molecule has 2 aliphatic heterocycles. The zero-order chi connectivity index (χ0) is 23.1. The Morgan fingerprint density at radius 2 is 1.87 bits per heavy atom. The molecule has 176 valence electrons. The van der Waals surface area contributed by atoms with E-state index in [2.05, 4.69) is 24.5 Å². The van der Waals surface area contributed by atoms with Crippen LogP contribution in [-0.2, 0) is 19.2 Å². The number of nitrogens with two attached hydrogens (primary N) is 1. The van der Waals surface area contributed by atoms with Crippen molar-refractivity contribution in [2.75, 3.05) is 13.1 Å². The van der Waals surface area contributed by atoms with Gasteiger partial charge in [-0.2, -0.15) is 0 Å². The third kappa shape index (κ3) is 6.66. The van der Waals surface area contributed by atoms with Gasteiger partial charge in [-0.25, -0.2) is 0 Å². The van der Waals surface area contributed by atoms with E-state index in [0.717, 1.165) is 25.8 Å². The molecule has 4 amide bonds. The molecule has 0 radical (unpaired) electrons. The fourth-order valence-corrected chi connectivity index (χ4v) is 4.44. The van der Waals surface area contributed by atoms with E-state index in [1.165, 1.54) is 6.92 Å². The first-order valence-corrected chi connectivity index (χ1v) is 11.6. The summed E-state index contributed by atoms with van der Waals surface area (Å²) in [4.78, 5) is 53.5. The van der Waals surface area contributed by atoms with Crippen molar-refractivity contribution >= 4 is 23.6 Å². The second kappa shape index (κ2) is 11.5. The third-order valence-electron chi connectivity index (χ3n) is 6.24. The minimum atomic E-state index is -0.797. The number of carbonyl (C=O) groups is 4. The normalized spacial score (nSPS) is 23.3. The highest BCUT2D eigenvalue weighted by Gasteiger charge is 2.43. The van der Waals surface area contributed by atoms with Crippen molar-refractivity contribution in [2.24, 2.45) is 5.73 Å². The monoisotopic (exact) mass is 437 g/mol. The summed E-state index contributed by atoms with van der Waals surface area (Å²) in [6, 6.07) is -1.56. The number of unbranched alkanes of at least 4 members (excludes halogenated alkanes) is 1. The van der Waals surface area contributed by atoms with Gasteiger partial charge in [0.25, 0.3) is 0 Å². The Labute approximate surface area is 185 Å². The molecule has 4 atom stereocenters. The Kier molecular flexibility index (Phi) is 9.28. The lowest BCUT2D eigenvalue weighted by molar-refractivity contribution is -0.148. The summed E-state index contributed by atoms with van der Waals surface area (Å²) in [6.45, 7) is 9.03. The lowest BCUT2D eigenvalue weighted by Crippen LogP contribution is -2.56. The maximum Gasteiger partial charge on any atom is 0.246 e. The molecule has 9 nitrogen and oxygen atoms in total. The fraction of sp³-hybridized carbons (Fsp3) is 0.818. The number of hydrogen-bond donors (Lipinski definition) is 3. The smallest absolute Gasteiger partial charge is 0.246 e. The zero-order valence-electron chi connectivity index (χ0n) is 19.4. The van der Waals surface area contributed by atoms with Crippen molar-refractivity contribution in [3.05, 3.63) is 0 Å². The van der Waals surface area contributed by atoms with Gasteiger partial charge in [0, 0.05) is 25.0 Å². The molecule has 0 saturated carbocycles. The molecule has 0 aliphatic carbocycles. The predicted molar refractivity (Wildman–Crippen MR) is 118 cm³/mol. The van der Waals surface area contributed by atoms with Crippen LogP contribution in [0.2, 0.25) is 0 Å². The average Bonchev–Trinajstić information content (AvgIpc) is 3.31. The zero-order valence-corrected chi connectivity index (χ0v) is 19.4. The summed E-state index contributed by atoms with van der Waals surface area (Å²) in [5.41, 5.74) is 5.25. The molecule has 31 heavy (non-hydrogen) atoms. The van der Waals surface area contributed by atoms with Crippen LogP contribution in [0.15, 0.2) is 0 Å². The molecule has 0 aromatic rings. The van der Waals surface area contributed by atoms with Crippen molar-refractivity contribution in [3.8, 4) is 0 Å². The molecule has 0 aromatic carbocycles. The number of carbonyl (C=O) groups excluding carboxylic acids is 4. The number of hydrogen-bond acceptors (Lipinski definition) is 5. The lowest BCUT2D eigenvalue weighted by Gasteiger charge is -2.35. The fourth-order valence-electron chi connectivity index (χ4n) is 4.44. The molecule has 4 unspecified atom stereocenters. The molecule has 2 rings (SSSR count). The number of primary amides is 1. The molecule has 0 bridgehead atoms. The maximum absolute atomic E-state index is 13.6. The van der Waals surface area contributed by atoms with Gasteiger partial charge in [-0.05, 0) is 58.9 Å². The van der Waals surface area contributed by atoms with Crippen molar-refractivity contribution in [3.63, 3.8) is 0 Å². The Morgan fingerprint density at radius 1 is 1.16 bits per heavy atom. The summed E-state index contributed by atoms with van der Waals surface area (Å²) in [5.74, 6) is -1.14. The largest absolute Gasteiger partial charge is 0.368 e. The van der Waals surface area contributed by atoms with Crippen molar-refractivity contribution < 1.29 is 19.2 Å². The first kappa shape index (κ1) is 25.1. The first-order valence-electron chi connectivity index (χ1n) is 11.6. The van der Waals surface area contributed by atoms with E-state index < -0.39 is 24.0 Å². The Morgan fingerprint density at radius 3 is 2.45 bits per heavy atom. The molecular formula is C22H39N5O4. The summed E-state index contributed by atoms with van der Waals surface area (Å²) in [5, 5.41) is 5.98. The van der Waals surface area contributed by atoms with Crippen LogP contribution in [0, 0.1) is 0 Å². The Balaban J connectivity index is 2.10. The molecule has 2 fully saturated rings. The summed E-state index contributed by atoms with van der Waals surface area (Å²) in [7, 11) is 0. The molecule has 2 aliphatic rings. The first-order chi connectivity index (χ1) is 14.6. The number of rotatable bonds is 11. The highest BCUT2D eigenvalue weighted by molar-refractivity contribution is 5.94. The van der Waals surface area contributed by atoms with Crippen LogP contribution in [0.3, 0.4) is 0 Å². The standard InChI is InChI=1S/C22H39N5O4/c1-14(2)24-12-6-5-8-18(27-15(3)10-11-19(27)28)22(31)26-13-7-9-17(26)21(30)25-16(4)20(23)29/h14-18,24H,5-13H2,1-4H3,(H2,23,29)(H,25,30). The average molecular weight is 438 g/mol. The van der Waals surface area contributed by atoms with E-state index in [1.54, 1.807) is 9.80 Å². The van der Waals surface area contributed by atoms with E-state index in [9.17, 15) is 19.2 Å². The van der Waals surface area contributed by atoms with Crippen LogP contribution >= 0.6 is 0 Å². The molecule has 0 aromatic heterocycles. The topological polar surface area (TPSA) is 125 Å². The van der Waals surface area contributed by atoms with Gasteiger partial charge < -0.3 is 26.2 Å². The van der Waals surface area contributed by atoms with E-state index in [1.807, 2.05) is 6.92 Å². The molecule has 2 heterocycles. The van der Waals surface area contributed by atoms with Gasteiger partial charge >= 0.3 is 0 Å². The van der Waals surface area contributed by atoms with Crippen molar-refractivity contribution in [1.82, 2.24) is 20.4 Å². The number of nitrogens with zero attached hydrogens (tertiary/aromatic N) is 2. The van der Waals surface area contributed by atoms with E-state index in [-0.39, 0.29) is 23.8 Å². The van der Waals surface area contributed by atoms with Crippen LogP contribution in [-0.4, -0.2) is 76.7 Å². The Bertz CT molecular complexity index is 668. The quantitative estimate of drug-likeness (QED) is 0.406. The van der Waals surface area contributed by atoms with Crippen molar-refractivity contribution in [1.29, 1.82) is 0 Å². The number of nitrogens with one attached hydrogen (secondary N) is 2. The summed E-state index contributed by atoms with van der Waals surface area (Å²) in [6.07, 6.45) is 4.77. The van der Waals surface area contributed by atoms with Crippen LogP contribution in [0.5, 0.6) is 0 Å². The van der Waals surface area contributed by atoms with E-state index in [4.69, 9.17) is 5.73 Å².